The Balaban J connectivity index is 1.59. The maximum atomic E-state index is 14.4. The normalized spacial score (nSPS) is 16.3. The fraction of sp³-hybridized carbons (Fsp3) is 0.333. The van der Waals surface area contributed by atoms with E-state index in [2.05, 4.69) is 5.32 Å². The van der Waals surface area contributed by atoms with Crippen molar-refractivity contribution in [1.29, 1.82) is 0 Å². The minimum absolute atomic E-state index is 0.145. The summed E-state index contributed by atoms with van der Waals surface area (Å²) in [5.74, 6) is -0.488. The summed E-state index contributed by atoms with van der Waals surface area (Å²) in [6.45, 7) is 4.21. The Morgan fingerprint density at radius 3 is 2.53 bits per heavy atom. The predicted molar refractivity (Wildman–Crippen MR) is 132 cm³/mol. The van der Waals surface area contributed by atoms with E-state index in [1.807, 2.05) is 49.4 Å². The number of fused-ring (bicyclic) bond motifs is 1. The summed E-state index contributed by atoms with van der Waals surface area (Å²) in [5, 5.41) is 15.1. The SMILES string of the molecule is Cc1ccc(C2(CC(=O)NC(C)c3cc(Cl)cc4ccccc34)CCN(C(=O)O)CC2)cc1F. The smallest absolute Gasteiger partial charge is 0.407 e. The van der Waals surface area contributed by atoms with Gasteiger partial charge in [0.2, 0.25) is 5.91 Å². The zero-order valence-electron chi connectivity index (χ0n) is 19.3. The average Bonchev–Trinajstić information content (AvgIpc) is 2.80. The van der Waals surface area contributed by atoms with Crippen LogP contribution in [0.3, 0.4) is 0 Å². The Kier molecular flexibility index (Phi) is 6.80. The lowest BCUT2D eigenvalue weighted by molar-refractivity contribution is -0.123. The van der Waals surface area contributed by atoms with Crippen LogP contribution in [0, 0.1) is 12.7 Å². The molecule has 4 rings (SSSR count). The third-order valence-electron chi connectivity index (χ3n) is 6.98. The third-order valence-corrected chi connectivity index (χ3v) is 7.20. The first-order valence-electron chi connectivity index (χ1n) is 11.4. The number of likely N-dealkylation sites (tertiary alicyclic amines) is 1. The van der Waals surface area contributed by atoms with Crippen LogP contribution >= 0.6 is 11.6 Å². The molecule has 7 heteroatoms. The Bertz CT molecular complexity index is 1240. The van der Waals surface area contributed by atoms with E-state index in [1.54, 1.807) is 13.0 Å². The number of piperidine rings is 1. The largest absolute Gasteiger partial charge is 0.465 e. The second kappa shape index (κ2) is 9.63. The van der Waals surface area contributed by atoms with E-state index in [4.69, 9.17) is 11.6 Å². The molecular formula is C27H28ClFN2O3. The topological polar surface area (TPSA) is 69.6 Å². The summed E-state index contributed by atoms with van der Waals surface area (Å²) in [6.07, 6.45) is 0.0636. The Morgan fingerprint density at radius 1 is 1.15 bits per heavy atom. The molecule has 0 saturated carbocycles. The van der Waals surface area contributed by atoms with Crippen molar-refractivity contribution in [2.45, 2.75) is 44.6 Å². The number of carbonyl (C=O) groups excluding carboxylic acids is 1. The highest BCUT2D eigenvalue weighted by Gasteiger charge is 2.39. The van der Waals surface area contributed by atoms with E-state index >= 15 is 0 Å². The molecule has 3 aromatic carbocycles. The molecule has 0 radical (unpaired) electrons. The standard InChI is InChI=1S/C27H28ClFN2O3/c1-17-7-8-20(14-24(17)29)27(9-11-31(12-10-27)26(33)34)16-25(32)30-18(2)23-15-21(28)13-19-5-3-4-6-22(19)23/h3-8,13-15,18H,9-12,16H2,1-2H3,(H,30,32)(H,33,34). The zero-order chi connectivity index (χ0) is 24.5. The van der Waals surface area contributed by atoms with Gasteiger partial charge in [-0.25, -0.2) is 9.18 Å². The molecule has 1 heterocycles. The molecule has 0 spiro atoms. The average molecular weight is 483 g/mol. The van der Waals surface area contributed by atoms with Gasteiger partial charge in [-0.05, 0) is 72.4 Å². The van der Waals surface area contributed by atoms with Gasteiger partial charge in [-0.1, -0.05) is 48.0 Å². The number of nitrogens with one attached hydrogen (secondary N) is 1. The van der Waals surface area contributed by atoms with Gasteiger partial charge >= 0.3 is 6.09 Å². The van der Waals surface area contributed by atoms with E-state index in [9.17, 15) is 19.1 Å². The number of nitrogens with zero attached hydrogens (tertiary/aromatic N) is 1. The van der Waals surface area contributed by atoms with Crippen molar-refractivity contribution in [3.63, 3.8) is 0 Å². The van der Waals surface area contributed by atoms with Gasteiger partial charge in [-0.15, -0.1) is 0 Å². The Morgan fingerprint density at radius 2 is 1.85 bits per heavy atom. The molecule has 2 N–H and O–H groups in total. The van der Waals surface area contributed by atoms with E-state index in [0.29, 0.717) is 36.5 Å². The first kappa shape index (κ1) is 24.0. The van der Waals surface area contributed by atoms with Crippen molar-refractivity contribution >= 4 is 34.4 Å². The van der Waals surface area contributed by atoms with Crippen LogP contribution in [0.2, 0.25) is 5.02 Å². The highest BCUT2D eigenvalue weighted by molar-refractivity contribution is 6.31. The number of hydrogen-bond acceptors (Lipinski definition) is 2. The first-order valence-corrected chi connectivity index (χ1v) is 11.8. The van der Waals surface area contributed by atoms with Crippen molar-refractivity contribution in [1.82, 2.24) is 10.2 Å². The lowest BCUT2D eigenvalue weighted by atomic mass is 9.70. The number of hydrogen-bond donors (Lipinski definition) is 2. The van der Waals surface area contributed by atoms with Gasteiger partial charge < -0.3 is 15.3 Å². The molecule has 0 bridgehead atoms. The summed E-state index contributed by atoms with van der Waals surface area (Å²) < 4.78 is 14.4. The molecule has 1 atom stereocenters. The number of amides is 2. The van der Waals surface area contributed by atoms with Crippen molar-refractivity contribution < 1.29 is 19.1 Å². The summed E-state index contributed by atoms with van der Waals surface area (Å²) >= 11 is 6.33. The van der Waals surface area contributed by atoms with Crippen molar-refractivity contribution in [2.24, 2.45) is 0 Å². The summed E-state index contributed by atoms with van der Waals surface area (Å²) in [5.41, 5.74) is 1.55. The molecular weight excluding hydrogens is 455 g/mol. The molecule has 3 aromatic rings. The molecule has 1 saturated heterocycles. The predicted octanol–water partition coefficient (Wildman–Crippen LogP) is 6.22. The molecule has 1 unspecified atom stereocenters. The number of rotatable bonds is 5. The van der Waals surface area contributed by atoms with Gasteiger partial charge in [0.15, 0.2) is 0 Å². The molecule has 1 fully saturated rings. The monoisotopic (exact) mass is 482 g/mol. The van der Waals surface area contributed by atoms with Gasteiger partial charge in [0.25, 0.3) is 0 Å². The van der Waals surface area contributed by atoms with Gasteiger partial charge in [-0.3, -0.25) is 4.79 Å². The van der Waals surface area contributed by atoms with Crippen molar-refractivity contribution in [3.05, 3.63) is 82.1 Å². The molecule has 2 amide bonds. The van der Waals surface area contributed by atoms with Gasteiger partial charge in [0.05, 0.1) is 6.04 Å². The maximum Gasteiger partial charge on any atom is 0.407 e. The molecule has 5 nitrogen and oxygen atoms in total. The lowest BCUT2D eigenvalue weighted by Gasteiger charge is -2.41. The highest BCUT2D eigenvalue weighted by atomic mass is 35.5. The Hall–Kier alpha value is -3.12. The summed E-state index contributed by atoms with van der Waals surface area (Å²) in [6, 6.07) is 16.4. The van der Waals surface area contributed by atoms with Gasteiger partial charge in [-0.2, -0.15) is 0 Å². The fourth-order valence-electron chi connectivity index (χ4n) is 4.95. The summed E-state index contributed by atoms with van der Waals surface area (Å²) in [7, 11) is 0. The van der Waals surface area contributed by atoms with Crippen LogP contribution in [-0.2, 0) is 10.2 Å². The molecule has 0 aromatic heterocycles. The second-order valence-corrected chi connectivity index (χ2v) is 9.63. The van der Waals surface area contributed by atoms with Gasteiger partial charge in [0, 0.05) is 29.9 Å². The summed E-state index contributed by atoms with van der Waals surface area (Å²) in [4.78, 5) is 26.1. The Labute approximate surface area is 203 Å². The van der Waals surface area contributed by atoms with Crippen LogP contribution in [0.4, 0.5) is 9.18 Å². The minimum Gasteiger partial charge on any atom is -0.465 e. The van der Waals surface area contributed by atoms with E-state index in [1.165, 1.54) is 11.0 Å². The fourth-order valence-corrected chi connectivity index (χ4v) is 5.19. The van der Waals surface area contributed by atoms with Crippen molar-refractivity contribution in [3.8, 4) is 0 Å². The van der Waals surface area contributed by atoms with E-state index < -0.39 is 11.5 Å². The van der Waals surface area contributed by atoms with Crippen LogP contribution in [0.15, 0.2) is 54.6 Å². The van der Waals surface area contributed by atoms with Gasteiger partial charge in [0.1, 0.15) is 5.82 Å². The molecule has 178 valence electrons. The molecule has 34 heavy (non-hydrogen) atoms. The molecule has 0 aliphatic carbocycles. The highest BCUT2D eigenvalue weighted by Crippen LogP contribution is 2.40. The number of carbonyl (C=O) groups is 2. The number of halogens is 2. The third kappa shape index (κ3) is 4.87. The quantitative estimate of drug-likeness (QED) is 0.453. The number of carboxylic acid groups (broad SMARTS) is 1. The lowest BCUT2D eigenvalue weighted by Crippen LogP contribution is -2.47. The van der Waals surface area contributed by atoms with E-state index in [-0.39, 0.29) is 24.2 Å². The molecule has 1 aliphatic rings. The first-order chi connectivity index (χ1) is 16.2. The van der Waals surface area contributed by atoms with Crippen LogP contribution in [0.5, 0.6) is 0 Å². The molecule has 1 aliphatic heterocycles. The van der Waals surface area contributed by atoms with Crippen LogP contribution in [-0.4, -0.2) is 35.1 Å². The van der Waals surface area contributed by atoms with Crippen LogP contribution in [0.1, 0.15) is 48.9 Å². The number of benzene rings is 3. The van der Waals surface area contributed by atoms with E-state index in [0.717, 1.165) is 21.9 Å². The zero-order valence-corrected chi connectivity index (χ0v) is 20.0. The van der Waals surface area contributed by atoms with Crippen LogP contribution in [0.25, 0.3) is 10.8 Å². The van der Waals surface area contributed by atoms with Crippen molar-refractivity contribution in [2.75, 3.05) is 13.1 Å². The second-order valence-electron chi connectivity index (χ2n) is 9.20. The maximum absolute atomic E-state index is 14.4. The number of aryl methyl sites for hydroxylation is 1. The minimum atomic E-state index is -0.977. The van der Waals surface area contributed by atoms with Crippen LogP contribution < -0.4 is 5.32 Å².